The molecule has 0 aromatic carbocycles. The fourth-order valence-corrected chi connectivity index (χ4v) is 10.0. The highest BCUT2D eigenvalue weighted by molar-refractivity contribution is 5.84. The first-order chi connectivity index (χ1) is 16.1. The van der Waals surface area contributed by atoms with E-state index in [9.17, 15) is 9.90 Å². The van der Waals surface area contributed by atoms with Crippen LogP contribution in [0.2, 0.25) is 0 Å². The second-order valence-electron chi connectivity index (χ2n) is 13.6. The van der Waals surface area contributed by atoms with E-state index in [0.29, 0.717) is 30.1 Å². The Kier molecular flexibility index (Phi) is 6.75. The van der Waals surface area contributed by atoms with Crippen LogP contribution in [0.1, 0.15) is 78.6 Å². The second kappa shape index (κ2) is 9.11. The maximum absolute atomic E-state index is 13.6. The van der Waals surface area contributed by atoms with Crippen molar-refractivity contribution in [1.29, 1.82) is 0 Å². The molecule has 1 saturated heterocycles. The molecule has 0 aromatic rings. The van der Waals surface area contributed by atoms with Crippen LogP contribution in [-0.2, 0) is 9.53 Å². The molecule has 4 saturated carbocycles. The summed E-state index contributed by atoms with van der Waals surface area (Å²) in [5.74, 6) is 3.41. The van der Waals surface area contributed by atoms with E-state index < -0.39 is 5.60 Å². The normalized spacial score (nSPS) is 48.6. The van der Waals surface area contributed by atoms with Gasteiger partial charge in [-0.15, -0.1) is 0 Å². The zero-order chi connectivity index (χ0) is 24.3. The summed E-state index contributed by atoms with van der Waals surface area (Å²) in [6, 6.07) is 0. The monoisotopic (exact) mass is 474 g/mol. The number of methoxy groups -OCH3 is 1. The number of carbonyl (C=O) groups is 1. The molecule has 0 spiro atoms. The van der Waals surface area contributed by atoms with Crippen LogP contribution in [-0.4, -0.2) is 79.3 Å². The van der Waals surface area contributed by atoms with Gasteiger partial charge in [-0.3, -0.25) is 9.69 Å². The molecule has 0 radical (unpaired) electrons. The van der Waals surface area contributed by atoms with Crippen LogP contribution in [0.15, 0.2) is 0 Å². The quantitative estimate of drug-likeness (QED) is 0.646. The van der Waals surface area contributed by atoms with E-state index in [4.69, 9.17) is 4.74 Å². The van der Waals surface area contributed by atoms with Crippen molar-refractivity contribution < 1.29 is 14.6 Å². The van der Waals surface area contributed by atoms with E-state index in [2.05, 4.69) is 30.7 Å². The van der Waals surface area contributed by atoms with Gasteiger partial charge in [0.25, 0.3) is 0 Å². The summed E-state index contributed by atoms with van der Waals surface area (Å²) in [4.78, 5) is 18.4. The van der Waals surface area contributed by atoms with E-state index in [1.165, 1.54) is 32.1 Å². The minimum absolute atomic E-state index is 0.176. The van der Waals surface area contributed by atoms with Crippen LogP contribution in [0.4, 0.5) is 0 Å². The van der Waals surface area contributed by atoms with Crippen LogP contribution in [0.3, 0.4) is 0 Å². The molecule has 2 unspecified atom stereocenters. The number of carbonyl (C=O) groups excluding carboxylic acids is 1. The predicted octanol–water partition coefficient (Wildman–Crippen LogP) is 4.23. The molecule has 5 fully saturated rings. The third kappa shape index (κ3) is 4.01. The van der Waals surface area contributed by atoms with Gasteiger partial charge < -0.3 is 14.7 Å². The molecule has 1 heterocycles. The number of rotatable bonds is 5. The van der Waals surface area contributed by atoms with E-state index >= 15 is 0 Å². The van der Waals surface area contributed by atoms with Gasteiger partial charge in [0.1, 0.15) is 5.78 Å². The smallest absolute Gasteiger partial charge is 0.150 e. The summed E-state index contributed by atoms with van der Waals surface area (Å²) in [7, 11) is 4.07. The fraction of sp³-hybridized carbons (Fsp3) is 0.966. The second-order valence-corrected chi connectivity index (χ2v) is 13.6. The molecule has 5 rings (SSSR count). The van der Waals surface area contributed by atoms with Crippen molar-refractivity contribution in [2.45, 2.75) is 90.3 Å². The maximum Gasteiger partial charge on any atom is 0.150 e. The average Bonchev–Trinajstić information content (AvgIpc) is 3.16. The van der Waals surface area contributed by atoms with Crippen molar-refractivity contribution in [3.8, 4) is 0 Å². The topological polar surface area (TPSA) is 53.0 Å². The highest BCUT2D eigenvalue weighted by Gasteiger charge is 2.64. The van der Waals surface area contributed by atoms with Crippen LogP contribution < -0.4 is 0 Å². The fourth-order valence-electron chi connectivity index (χ4n) is 10.0. The van der Waals surface area contributed by atoms with Gasteiger partial charge in [-0.2, -0.15) is 0 Å². The van der Waals surface area contributed by atoms with E-state index in [-0.39, 0.29) is 22.9 Å². The number of aliphatic hydroxyl groups is 1. The van der Waals surface area contributed by atoms with Gasteiger partial charge in [-0.1, -0.05) is 6.92 Å². The Morgan fingerprint density at radius 3 is 2.44 bits per heavy atom. The molecule has 9 atom stereocenters. The summed E-state index contributed by atoms with van der Waals surface area (Å²) in [5, 5.41) is 10.9. The van der Waals surface area contributed by atoms with Crippen LogP contribution in [0.5, 0.6) is 0 Å². The molecular weight excluding hydrogens is 424 g/mol. The molecule has 194 valence electrons. The summed E-state index contributed by atoms with van der Waals surface area (Å²) in [5.41, 5.74) is -0.149. The van der Waals surface area contributed by atoms with Gasteiger partial charge in [0.15, 0.2) is 0 Å². The largest absolute Gasteiger partial charge is 0.390 e. The van der Waals surface area contributed by atoms with Crippen molar-refractivity contribution in [3.05, 3.63) is 0 Å². The number of ketones is 1. The van der Waals surface area contributed by atoms with Gasteiger partial charge in [-0.05, 0) is 108 Å². The first kappa shape index (κ1) is 25.2. The standard InChI is InChI=1S/C29H50N2O3/c1-20(34-5)29-13-12-27(2,33)18-21(29)6-7-22-23-8-9-25(28(23,3)11-10-24(22)29)26(32)19-31-16-14-30(4)15-17-31/h20-25,33H,6-19H2,1-5H3/t20?,21-,22-,23-,24?,25+,27+,28-,29+/m0/s1. The average molecular weight is 475 g/mol. The summed E-state index contributed by atoms with van der Waals surface area (Å²) < 4.78 is 6.11. The summed E-state index contributed by atoms with van der Waals surface area (Å²) in [6.07, 6.45) is 10.4. The van der Waals surface area contributed by atoms with E-state index in [1.807, 2.05) is 14.0 Å². The molecule has 5 aliphatic rings. The van der Waals surface area contributed by atoms with Crippen LogP contribution in [0, 0.1) is 40.4 Å². The van der Waals surface area contributed by atoms with Crippen molar-refractivity contribution in [3.63, 3.8) is 0 Å². The van der Waals surface area contributed by atoms with Crippen molar-refractivity contribution in [1.82, 2.24) is 9.80 Å². The molecule has 5 heteroatoms. The molecule has 1 N–H and O–H groups in total. The van der Waals surface area contributed by atoms with Gasteiger partial charge in [-0.25, -0.2) is 0 Å². The number of likely N-dealkylation sites (N-methyl/N-ethyl adjacent to an activating group) is 1. The van der Waals surface area contributed by atoms with Gasteiger partial charge in [0.2, 0.25) is 0 Å². The highest BCUT2D eigenvalue weighted by Crippen LogP contribution is 2.69. The van der Waals surface area contributed by atoms with Gasteiger partial charge in [0, 0.05) is 44.6 Å². The third-order valence-electron chi connectivity index (χ3n) is 12.0. The molecule has 5 nitrogen and oxygen atoms in total. The van der Waals surface area contributed by atoms with Crippen molar-refractivity contribution >= 4 is 5.78 Å². The number of Topliss-reactive ketones (excluding diaryl/α,β-unsaturated/α-hetero) is 1. The lowest BCUT2D eigenvalue weighted by atomic mass is 9.42. The Balaban J connectivity index is 1.34. The number of piperazine rings is 1. The Morgan fingerprint density at radius 1 is 1.00 bits per heavy atom. The molecule has 34 heavy (non-hydrogen) atoms. The van der Waals surface area contributed by atoms with Crippen LogP contribution >= 0.6 is 0 Å². The molecule has 0 bridgehead atoms. The number of nitrogens with zero attached hydrogens (tertiary/aromatic N) is 2. The zero-order valence-corrected chi connectivity index (χ0v) is 22.5. The molecular formula is C29H50N2O3. The number of hydrogen-bond acceptors (Lipinski definition) is 5. The molecule has 1 aliphatic heterocycles. The lowest BCUT2D eigenvalue weighted by molar-refractivity contribution is -0.199. The first-order valence-electron chi connectivity index (χ1n) is 14.3. The Hall–Kier alpha value is -0.490. The molecule has 0 aromatic heterocycles. The Bertz CT molecular complexity index is 762. The van der Waals surface area contributed by atoms with Crippen molar-refractivity contribution in [2.75, 3.05) is 46.9 Å². The molecule has 4 aliphatic carbocycles. The first-order valence-corrected chi connectivity index (χ1v) is 14.3. The lowest BCUT2D eigenvalue weighted by Gasteiger charge is -2.64. The SMILES string of the molecule is COC(C)[C@]12CC[C@@](C)(O)C[C@@H]1CC[C@@H]1C2CC[C@]2(C)[C@@H](C(=O)CN3CCN(C)CC3)CC[C@@H]12. The van der Waals surface area contributed by atoms with Crippen molar-refractivity contribution in [2.24, 2.45) is 40.4 Å². The maximum atomic E-state index is 13.6. The molecule has 0 amide bonds. The van der Waals surface area contributed by atoms with E-state index in [1.54, 1.807) is 0 Å². The number of hydrogen-bond donors (Lipinski definition) is 1. The minimum atomic E-state index is -0.522. The minimum Gasteiger partial charge on any atom is -0.390 e. The van der Waals surface area contributed by atoms with Gasteiger partial charge >= 0.3 is 0 Å². The van der Waals surface area contributed by atoms with Gasteiger partial charge in [0.05, 0.1) is 18.2 Å². The lowest BCUT2D eigenvalue weighted by Crippen LogP contribution is -2.61. The summed E-state index contributed by atoms with van der Waals surface area (Å²) >= 11 is 0. The number of ether oxygens (including phenoxy) is 1. The third-order valence-corrected chi connectivity index (χ3v) is 12.0. The Morgan fingerprint density at radius 2 is 1.74 bits per heavy atom. The number of fused-ring (bicyclic) bond motifs is 5. The van der Waals surface area contributed by atoms with E-state index in [0.717, 1.165) is 57.8 Å². The Labute approximate surface area is 208 Å². The zero-order valence-electron chi connectivity index (χ0n) is 22.5. The predicted molar refractivity (Wildman–Crippen MR) is 136 cm³/mol. The highest BCUT2D eigenvalue weighted by atomic mass is 16.5. The summed E-state index contributed by atoms with van der Waals surface area (Å²) in [6.45, 7) is 11.7. The van der Waals surface area contributed by atoms with Crippen LogP contribution in [0.25, 0.3) is 0 Å².